The topological polar surface area (TPSA) is 65.2 Å². The number of likely N-dealkylation sites (tertiary alicyclic amines) is 1. The van der Waals surface area contributed by atoms with Crippen molar-refractivity contribution in [3.63, 3.8) is 0 Å². The number of fused-ring (bicyclic) bond motifs is 1. The van der Waals surface area contributed by atoms with Gasteiger partial charge >= 0.3 is 0 Å². The van der Waals surface area contributed by atoms with Crippen LogP contribution in [-0.2, 0) is 13.1 Å². The van der Waals surface area contributed by atoms with Crippen LogP contribution in [0.3, 0.4) is 0 Å². The number of nitrogens with one attached hydrogen (secondary N) is 2. The number of aromatic amines is 1. The maximum absolute atomic E-state index is 12.5. The predicted octanol–water partition coefficient (Wildman–Crippen LogP) is 3.75. The molecule has 0 atom stereocenters. The first kappa shape index (κ1) is 18.9. The van der Waals surface area contributed by atoms with E-state index in [0.29, 0.717) is 6.54 Å². The van der Waals surface area contributed by atoms with Crippen LogP contribution in [0.15, 0.2) is 47.3 Å². The summed E-state index contributed by atoms with van der Waals surface area (Å²) in [6, 6.07) is 13.7. The molecule has 146 valence electrons. The molecule has 1 aliphatic rings. The molecule has 1 saturated heterocycles. The second kappa shape index (κ2) is 8.29. The number of benzene rings is 1. The monoisotopic (exact) mass is 395 g/mol. The fourth-order valence-corrected chi connectivity index (χ4v) is 4.64. The lowest BCUT2D eigenvalue weighted by molar-refractivity contribution is 0.0949. The summed E-state index contributed by atoms with van der Waals surface area (Å²) in [5.74, 6) is 0.444. The smallest absolute Gasteiger partial charge is 0.261 e. The van der Waals surface area contributed by atoms with Crippen LogP contribution in [0.25, 0.3) is 10.1 Å². The lowest BCUT2D eigenvalue weighted by Gasteiger charge is -2.29. The van der Waals surface area contributed by atoms with E-state index in [1.165, 1.54) is 22.9 Å². The van der Waals surface area contributed by atoms with Crippen LogP contribution >= 0.6 is 11.3 Å². The average molecular weight is 396 g/mol. The minimum atomic E-state index is -0.336. The minimum absolute atomic E-state index is 0.164. The Morgan fingerprint density at radius 1 is 1.21 bits per heavy atom. The van der Waals surface area contributed by atoms with Crippen LogP contribution in [0.2, 0.25) is 0 Å². The van der Waals surface area contributed by atoms with Gasteiger partial charge in [0.05, 0.1) is 6.54 Å². The van der Waals surface area contributed by atoms with Crippen molar-refractivity contribution in [2.45, 2.75) is 32.9 Å². The summed E-state index contributed by atoms with van der Waals surface area (Å²) >= 11 is 1.65. The number of carbonyl (C=O) groups excluding carboxylic acids is 1. The standard InChI is InChI=1S/C22H25N3O2S/c1-15-8-10-25(11-9-15)14-17-6-7-19(22(27)24-17)21(26)23-13-18-12-16-4-2-3-5-20(16)28-18/h2-7,12,15H,8-11,13-14H2,1H3,(H,23,26)(H,24,27). The van der Waals surface area contributed by atoms with E-state index in [9.17, 15) is 9.59 Å². The zero-order chi connectivity index (χ0) is 19.5. The van der Waals surface area contributed by atoms with E-state index in [1.807, 2.05) is 18.2 Å². The van der Waals surface area contributed by atoms with E-state index in [1.54, 1.807) is 17.4 Å². The molecule has 3 heterocycles. The average Bonchev–Trinajstić information content (AvgIpc) is 3.11. The number of thiophene rings is 1. The molecule has 0 bridgehead atoms. The molecule has 1 fully saturated rings. The Hall–Kier alpha value is -2.44. The van der Waals surface area contributed by atoms with Crippen LogP contribution in [0.4, 0.5) is 0 Å². The van der Waals surface area contributed by atoms with Crippen molar-refractivity contribution in [2.75, 3.05) is 13.1 Å². The third kappa shape index (κ3) is 4.34. The first-order valence-corrected chi connectivity index (χ1v) is 10.6. The molecule has 0 spiro atoms. The Labute approximate surface area is 168 Å². The fraction of sp³-hybridized carbons (Fsp3) is 0.364. The molecule has 28 heavy (non-hydrogen) atoms. The Morgan fingerprint density at radius 2 is 2.00 bits per heavy atom. The minimum Gasteiger partial charge on any atom is -0.347 e. The number of pyridine rings is 1. The quantitative estimate of drug-likeness (QED) is 0.691. The summed E-state index contributed by atoms with van der Waals surface area (Å²) in [6.45, 7) is 5.55. The Kier molecular flexibility index (Phi) is 5.59. The van der Waals surface area contributed by atoms with E-state index in [2.05, 4.69) is 40.3 Å². The van der Waals surface area contributed by atoms with Gasteiger partial charge in [-0.05, 0) is 61.5 Å². The molecule has 2 N–H and O–H groups in total. The van der Waals surface area contributed by atoms with Crippen molar-refractivity contribution >= 4 is 27.3 Å². The van der Waals surface area contributed by atoms with E-state index < -0.39 is 0 Å². The molecular formula is C22H25N3O2S. The van der Waals surface area contributed by atoms with Gasteiger partial charge in [-0.25, -0.2) is 0 Å². The van der Waals surface area contributed by atoms with Gasteiger partial charge in [-0.15, -0.1) is 11.3 Å². The van der Waals surface area contributed by atoms with Crippen LogP contribution in [0.1, 0.15) is 40.7 Å². The molecule has 4 rings (SSSR count). The highest BCUT2D eigenvalue weighted by Crippen LogP contribution is 2.25. The number of nitrogens with zero attached hydrogens (tertiary/aromatic N) is 1. The van der Waals surface area contributed by atoms with Crippen LogP contribution in [0, 0.1) is 5.92 Å². The number of hydrogen-bond donors (Lipinski definition) is 2. The number of rotatable bonds is 5. The SMILES string of the molecule is CC1CCN(Cc2ccc(C(=O)NCc3cc4ccccc4s3)c(=O)[nH]2)CC1. The predicted molar refractivity (Wildman–Crippen MR) is 114 cm³/mol. The number of carbonyl (C=O) groups is 1. The molecule has 1 aliphatic heterocycles. The zero-order valence-corrected chi connectivity index (χ0v) is 16.8. The molecule has 6 heteroatoms. The molecule has 1 amide bonds. The van der Waals surface area contributed by atoms with E-state index in [-0.39, 0.29) is 17.0 Å². The number of piperidine rings is 1. The van der Waals surface area contributed by atoms with Gasteiger partial charge in [-0.2, -0.15) is 0 Å². The van der Waals surface area contributed by atoms with Gasteiger partial charge in [0.1, 0.15) is 5.56 Å². The van der Waals surface area contributed by atoms with Crippen LogP contribution < -0.4 is 10.9 Å². The second-order valence-corrected chi connectivity index (χ2v) is 8.79. The zero-order valence-electron chi connectivity index (χ0n) is 16.0. The lowest BCUT2D eigenvalue weighted by atomic mass is 9.99. The van der Waals surface area contributed by atoms with Crippen LogP contribution in [-0.4, -0.2) is 28.9 Å². The number of hydrogen-bond acceptors (Lipinski definition) is 4. The van der Waals surface area contributed by atoms with Gasteiger partial charge < -0.3 is 10.3 Å². The molecule has 0 radical (unpaired) electrons. The maximum atomic E-state index is 12.5. The van der Waals surface area contributed by atoms with Crippen molar-refractivity contribution in [3.05, 3.63) is 69.0 Å². The molecular weight excluding hydrogens is 370 g/mol. The molecule has 0 unspecified atom stereocenters. The Balaban J connectivity index is 1.38. The van der Waals surface area contributed by atoms with E-state index in [4.69, 9.17) is 0 Å². The lowest BCUT2D eigenvalue weighted by Crippen LogP contribution is -2.34. The summed E-state index contributed by atoms with van der Waals surface area (Å²) in [5.41, 5.74) is 0.703. The largest absolute Gasteiger partial charge is 0.347 e. The fourth-order valence-electron chi connectivity index (χ4n) is 3.63. The third-order valence-corrected chi connectivity index (χ3v) is 6.50. The molecule has 5 nitrogen and oxygen atoms in total. The number of amides is 1. The maximum Gasteiger partial charge on any atom is 0.261 e. The normalized spacial score (nSPS) is 15.8. The second-order valence-electron chi connectivity index (χ2n) is 7.62. The van der Waals surface area contributed by atoms with Gasteiger partial charge in [0, 0.05) is 21.8 Å². The molecule has 0 saturated carbocycles. The van der Waals surface area contributed by atoms with Gasteiger partial charge in [-0.3, -0.25) is 14.5 Å². The highest BCUT2D eigenvalue weighted by molar-refractivity contribution is 7.19. The summed E-state index contributed by atoms with van der Waals surface area (Å²) in [7, 11) is 0. The van der Waals surface area contributed by atoms with Gasteiger partial charge in [0.2, 0.25) is 0 Å². The van der Waals surface area contributed by atoms with Gasteiger partial charge in [0.25, 0.3) is 11.5 Å². The number of aromatic nitrogens is 1. The van der Waals surface area contributed by atoms with Crippen molar-refractivity contribution in [1.29, 1.82) is 0 Å². The number of H-pyrrole nitrogens is 1. The highest BCUT2D eigenvalue weighted by atomic mass is 32.1. The Morgan fingerprint density at radius 3 is 2.75 bits per heavy atom. The van der Waals surface area contributed by atoms with E-state index in [0.717, 1.165) is 36.1 Å². The van der Waals surface area contributed by atoms with Crippen molar-refractivity contribution in [1.82, 2.24) is 15.2 Å². The summed E-state index contributed by atoms with van der Waals surface area (Å²) < 4.78 is 1.20. The molecule has 3 aromatic rings. The van der Waals surface area contributed by atoms with Crippen molar-refractivity contribution in [2.24, 2.45) is 5.92 Å². The third-order valence-electron chi connectivity index (χ3n) is 5.38. The van der Waals surface area contributed by atoms with Crippen molar-refractivity contribution in [3.8, 4) is 0 Å². The molecule has 0 aliphatic carbocycles. The highest BCUT2D eigenvalue weighted by Gasteiger charge is 2.17. The van der Waals surface area contributed by atoms with Gasteiger partial charge in [0.15, 0.2) is 0 Å². The first-order valence-electron chi connectivity index (χ1n) is 9.79. The summed E-state index contributed by atoms with van der Waals surface area (Å²) in [4.78, 5) is 31.2. The van der Waals surface area contributed by atoms with E-state index >= 15 is 0 Å². The first-order chi connectivity index (χ1) is 13.6. The summed E-state index contributed by atoms with van der Waals surface area (Å²) in [6.07, 6.45) is 2.39. The van der Waals surface area contributed by atoms with Gasteiger partial charge in [-0.1, -0.05) is 25.1 Å². The Bertz CT molecular complexity index is 998. The molecule has 1 aromatic carbocycles. The summed E-state index contributed by atoms with van der Waals surface area (Å²) in [5, 5.41) is 4.04. The molecule has 2 aromatic heterocycles. The van der Waals surface area contributed by atoms with Crippen molar-refractivity contribution < 1.29 is 4.79 Å². The van der Waals surface area contributed by atoms with Crippen LogP contribution in [0.5, 0.6) is 0 Å².